The van der Waals surface area contributed by atoms with E-state index < -0.39 is 9.84 Å². The number of Topliss-reactive ketones (excluding diaryl/α,β-unsaturated/α-hetero) is 1. The van der Waals surface area contributed by atoms with Gasteiger partial charge in [-0.3, -0.25) is 4.79 Å². The Morgan fingerprint density at radius 2 is 1.67 bits per heavy atom. The second kappa shape index (κ2) is 5.52. The molecule has 2 atom stereocenters. The monoisotopic (exact) mass is 310 g/mol. The Balaban J connectivity index is 1.59. The summed E-state index contributed by atoms with van der Waals surface area (Å²) in [6.07, 6.45) is 3.44. The van der Waals surface area contributed by atoms with Gasteiger partial charge in [-0.15, -0.1) is 0 Å². The van der Waals surface area contributed by atoms with E-state index in [2.05, 4.69) is 0 Å². The maximum absolute atomic E-state index is 12.8. The third-order valence-electron chi connectivity index (χ3n) is 4.86. The van der Waals surface area contributed by atoms with Crippen molar-refractivity contribution in [2.75, 3.05) is 0 Å². The number of carbonyl (C=O) groups excluding carboxylic acids is 1. The van der Waals surface area contributed by atoms with Gasteiger partial charge in [-0.1, -0.05) is 12.1 Å². The molecule has 1 aromatic carbocycles. The number of rotatable bonds is 4. The van der Waals surface area contributed by atoms with Crippen LogP contribution in [0.1, 0.15) is 37.7 Å². The molecule has 3 nitrogen and oxygen atoms in total. The van der Waals surface area contributed by atoms with Gasteiger partial charge in [-0.25, -0.2) is 12.8 Å². The minimum atomic E-state index is -2.96. The summed E-state index contributed by atoms with van der Waals surface area (Å²) in [6.45, 7) is 0. The van der Waals surface area contributed by atoms with Crippen molar-refractivity contribution >= 4 is 15.6 Å². The highest BCUT2D eigenvalue weighted by atomic mass is 32.2. The molecule has 21 heavy (non-hydrogen) atoms. The van der Waals surface area contributed by atoms with E-state index in [-0.39, 0.29) is 28.0 Å². The Kier molecular flexibility index (Phi) is 3.86. The van der Waals surface area contributed by atoms with Crippen LogP contribution < -0.4 is 0 Å². The van der Waals surface area contributed by atoms with Crippen molar-refractivity contribution in [2.24, 2.45) is 5.92 Å². The van der Waals surface area contributed by atoms with Crippen molar-refractivity contribution in [3.63, 3.8) is 0 Å². The van der Waals surface area contributed by atoms with Crippen LogP contribution in [0.4, 0.5) is 4.39 Å². The maximum atomic E-state index is 12.8. The molecule has 2 heterocycles. The molecular formula is C16H19FO3S. The Morgan fingerprint density at radius 1 is 1.10 bits per heavy atom. The summed E-state index contributed by atoms with van der Waals surface area (Å²) in [4.78, 5) is 12.3. The molecule has 114 valence electrons. The van der Waals surface area contributed by atoms with E-state index in [0.717, 1.165) is 18.4 Å². The first kappa shape index (κ1) is 14.7. The number of carbonyl (C=O) groups is 1. The summed E-state index contributed by atoms with van der Waals surface area (Å²) in [6, 6.07) is 6.18. The first-order valence-electron chi connectivity index (χ1n) is 7.46. The van der Waals surface area contributed by atoms with Crippen molar-refractivity contribution in [3.05, 3.63) is 35.6 Å². The van der Waals surface area contributed by atoms with Crippen molar-refractivity contribution < 1.29 is 17.6 Å². The molecule has 3 rings (SSSR count). The summed E-state index contributed by atoms with van der Waals surface area (Å²) in [5.74, 6) is -0.225. The standard InChI is InChI=1S/C16H19FO3S/c17-13-4-1-11(2-5-13)3-8-16(18)12-9-14-6-7-15(10-12)21(14,19)20/h1-2,4-5,12,14-15H,3,6-10H2. The summed E-state index contributed by atoms with van der Waals surface area (Å²) in [5, 5.41) is -0.591. The molecule has 2 aliphatic heterocycles. The Hall–Kier alpha value is -1.23. The Bertz CT molecular complexity index is 616. The van der Waals surface area contributed by atoms with Crippen LogP contribution in [0.25, 0.3) is 0 Å². The molecule has 2 unspecified atom stereocenters. The first-order valence-corrected chi connectivity index (χ1v) is 9.07. The molecule has 0 saturated carbocycles. The highest BCUT2D eigenvalue weighted by Gasteiger charge is 2.48. The molecule has 2 bridgehead atoms. The van der Waals surface area contributed by atoms with Crippen molar-refractivity contribution in [1.82, 2.24) is 0 Å². The maximum Gasteiger partial charge on any atom is 0.156 e. The van der Waals surface area contributed by atoms with Gasteiger partial charge in [0.2, 0.25) is 0 Å². The number of hydrogen-bond donors (Lipinski definition) is 0. The quantitative estimate of drug-likeness (QED) is 0.859. The van der Waals surface area contributed by atoms with Crippen LogP contribution in [0.5, 0.6) is 0 Å². The average molecular weight is 310 g/mol. The highest BCUT2D eigenvalue weighted by Crippen LogP contribution is 2.41. The van der Waals surface area contributed by atoms with Gasteiger partial charge in [0.1, 0.15) is 11.6 Å². The van der Waals surface area contributed by atoms with E-state index in [0.29, 0.717) is 25.7 Å². The minimum absolute atomic E-state index is 0.105. The predicted molar refractivity (Wildman–Crippen MR) is 78.2 cm³/mol. The van der Waals surface area contributed by atoms with Crippen LogP contribution in [-0.4, -0.2) is 24.7 Å². The average Bonchev–Trinajstić information content (AvgIpc) is 2.66. The van der Waals surface area contributed by atoms with Gasteiger partial charge < -0.3 is 0 Å². The fourth-order valence-electron chi connectivity index (χ4n) is 3.59. The van der Waals surface area contributed by atoms with Gasteiger partial charge in [-0.05, 0) is 49.8 Å². The molecule has 2 saturated heterocycles. The third kappa shape index (κ3) is 2.89. The van der Waals surface area contributed by atoms with Gasteiger partial charge in [0.25, 0.3) is 0 Å². The minimum Gasteiger partial charge on any atom is -0.299 e. The van der Waals surface area contributed by atoms with Crippen LogP contribution in [0.2, 0.25) is 0 Å². The van der Waals surface area contributed by atoms with E-state index in [1.165, 1.54) is 12.1 Å². The number of sulfone groups is 1. The number of benzene rings is 1. The SMILES string of the molecule is O=C(CCc1ccc(F)cc1)C1CC2CCC(C1)S2(=O)=O. The molecule has 0 N–H and O–H groups in total. The molecule has 0 aromatic heterocycles. The van der Waals surface area contributed by atoms with Gasteiger partial charge in [0.05, 0.1) is 10.5 Å². The molecular weight excluding hydrogens is 291 g/mol. The van der Waals surface area contributed by atoms with Gasteiger partial charge in [0.15, 0.2) is 9.84 Å². The van der Waals surface area contributed by atoms with Crippen LogP contribution in [-0.2, 0) is 21.1 Å². The van der Waals surface area contributed by atoms with Crippen molar-refractivity contribution in [2.45, 2.75) is 49.0 Å². The lowest BCUT2D eigenvalue weighted by atomic mass is 9.91. The first-order chi connectivity index (χ1) is 9.96. The van der Waals surface area contributed by atoms with E-state index in [1.54, 1.807) is 12.1 Å². The van der Waals surface area contributed by atoms with Crippen LogP contribution in [0.15, 0.2) is 24.3 Å². The highest BCUT2D eigenvalue weighted by molar-refractivity contribution is 7.93. The fourth-order valence-corrected chi connectivity index (χ4v) is 6.07. The van der Waals surface area contributed by atoms with Crippen LogP contribution in [0.3, 0.4) is 0 Å². The number of fused-ring (bicyclic) bond motifs is 2. The third-order valence-corrected chi connectivity index (χ3v) is 7.58. The summed E-state index contributed by atoms with van der Waals surface area (Å²) >= 11 is 0. The summed E-state index contributed by atoms with van der Waals surface area (Å²) in [7, 11) is -2.96. The van der Waals surface area contributed by atoms with E-state index >= 15 is 0 Å². The van der Waals surface area contributed by atoms with E-state index in [1.807, 2.05) is 0 Å². The Morgan fingerprint density at radius 3 is 2.24 bits per heavy atom. The van der Waals surface area contributed by atoms with Gasteiger partial charge in [-0.2, -0.15) is 0 Å². The lowest BCUT2D eigenvalue weighted by molar-refractivity contribution is -0.123. The van der Waals surface area contributed by atoms with E-state index in [4.69, 9.17) is 0 Å². The molecule has 2 aliphatic rings. The summed E-state index contributed by atoms with van der Waals surface area (Å²) < 4.78 is 36.8. The van der Waals surface area contributed by atoms with Crippen molar-refractivity contribution in [1.29, 1.82) is 0 Å². The zero-order valence-electron chi connectivity index (χ0n) is 11.8. The second-order valence-corrected chi connectivity index (χ2v) is 8.68. The molecule has 1 aromatic rings. The topological polar surface area (TPSA) is 51.2 Å². The van der Waals surface area contributed by atoms with Gasteiger partial charge >= 0.3 is 0 Å². The molecule has 0 aliphatic carbocycles. The molecule has 0 amide bonds. The fraction of sp³-hybridized carbons (Fsp3) is 0.562. The van der Waals surface area contributed by atoms with E-state index in [9.17, 15) is 17.6 Å². The normalized spacial score (nSPS) is 30.2. The number of aryl methyl sites for hydroxylation is 1. The van der Waals surface area contributed by atoms with Crippen LogP contribution in [0, 0.1) is 11.7 Å². The number of ketones is 1. The van der Waals surface area contributed by atoms with Crippen molar-refractivity contribution in [3.8, 4) is 0 Å². The lowest BCUT2D eigenvalue weighted by Gasteiger charge is -2.26. The molecule has 0 spiro atoms. The second-order valence-electron chi connectivity index (χ2n) is 6.17. The smallest absolute Gasteiger partial charge is 0.156 e. The predicted octanol–water partition coefficient (Wildman–Crippen LogP) is 2.68. The van der Waals surface area contributed by atoms with Gasteiger partial charge in [0, 0.05) is 12.3 Å². The Labute approximate surface area is 124 Å². The molecule has 5 heteroatoms. The zero-order chi connectivity index (χ0) is 15.0. The lowest BCUT2D eigenvalue weighted by Crippen LogP contribution is -2.36. The zero-order valence-corrected chi connectivity index (χ0v) is 12.6. The van der Waals surface area contributed by atoms with Crippen LogP contribution >= 0.6 is 0 Å². The largest absolute Gasteiger partial charge is 0.299 e. The molecule has 2 fully saturated rings. The number of halogens is 1. The molecule has 0 radical (unpaired) electrons. The summed E-state index contributed by atoms with van der Waals surface area (Å²) in [5.41, 5.74) is 0.941. The number of hydrogen-bond acceptors (Lipinski definition) is 3.